The molecule has 0 aliphatic heterocycles. The average Bonchev–Trinajstić information content (AvgIpc) is 2.68. The molecule has 90 valence electrons. The van der Waals surface area contributed by atoms with Crippen LogP contribution in [0.1, 0.15) is 17.4 Å². The van der Waals surface area contributed by atoms with E-state index >= 15 is 0 Å². The molecule has 0 aromatic carbocycles. The Balaban J connectivity index is 2.33. The first-order chi connectivity index (χ1) is 8.13. The Hall–Kier alpha value is -1.66. The summed E-state index contributed by atoms with van der Waals surface area (Å²) in [6.45, 7) is 0. The summed E-state index contributed by atoms with van der Waals surface area (Å²) in [4.78, 5) is 0. The third kappa shape index (κ3) is 2.22. The van der Waals surface area contributed by atoms with E-state index in [1.165, 1.54) is 7.11 Å². The number of rotatable bonds is 3. The first kappa shape index (κ1) is 11.8. The number of aryl methyl sites for hydroxylation is 1. The van der Waals surface area contributed by atoms with E-state index in [2.05, 4.69) is 15.3 Å². The number of hydrogen-bond donors (Lipinski definition) is 1. The molecule has 0 spiro atoms. The summed E-state index contributed by atoms with van der Waals surface area (Å²) < 4.78 is 6.55. The highest BCUT2D eigenvalue weighted by Crippen LogP contribution is 2.24. The van der Waals surface area contributed by atoms with Gasteiger partial charge in [0, 0.05) is 13.1 Å². The van der Waals surface area contributed by atoms with Crippen LogP contribution in [-0.2, 0) is 7.05 Å². The van der Waals surface area contributed by atoms with Gasteiger partial charge in [-0.25, -0.2) is 0 Å². The van der Waals surface area contributed by atoms with Crippen molar-refractivity contribution in [3.05, 3.63) is 34.7 Å². The van der Waals surface area contributed by atoms with E-state index in [1.54, 1.807) is 30.1 Å². The molecule has 0 fully saturated rings. The van der Waals surface area contributed by atoms with Crippen molar-refractivity contribution in [2.45, 2.75) is 6.04 Å². The summed E-state index contributed by atoms with van der Waals surface area (Å²) in [6.07, 6.45) is 1.55. The minimum atomic E-state index is -0.464. The molecule has 0 saturated carbocycles. The van der Waals surface area contributed by atoms with E-state index in [-0.39, 0.29) is 0 Å². The van der Waals surface area contributed by atoms with Gasteiger partial charge in [0.05, 0.1) is 35.8 Å². The summed E-state index contributed by atoms with van der Waals surface area (Å²) in [7, 11) is 3.31. The minimum absolute atomic E-state index is 0.442. The van der Waals surface area contributed by atoms with Gasteiger partial charge in [0.15, 0.2) is 0 Å². The largest absolute Gasteiger partial charge is 0.480 e. The molecule has 7 heteroatoms. The van der Waals surface area contributed by atoms with Gasteiger partial charge in [-0.2, -0.15) is 5.10 Å². The number of ether oxygens (including phenoxy) is 1. The predicted octanol–water partition coefficient (Wildman–Crippen LogP) is 0.920. The fourth-order valence-corrected chi connectivity index (χ4v) is 1.80. The molecule has 0 radical (unpaired) electrons. The minimum Gasteiger partial charge on any atom is -0.480 e. The van der Waals surface area contributed by atoms with Gasteiger partial charge in [0.2, 0.25) is 5.88 Å². The molecular formula is C10H12ClN5O. The van der Waals surface area contributed by atoms with E-state index in [0.717, 1.165) is 0 Å². The molecule has 0 amide bonds. The number of methoxy groups -OCH3 is 1. The maximum absolute atomic E-state index is 6.07. The van der Waals surface area contributed by atoms with Crippen molar-refractivity contribution in [2.75, 3.05) is 7.11 Å². The summed E-state index contributed by atoms with van der Waals surface area (Å²) in [6, 6.07) is 2.99. The summed E-state index contributed by atoms with van der Waals surface area (Å²) in [5.74, 6) is 0.442. The first-order valence-corrected chi connectivity index (χ1v) is 5.32. The molecule has 2 N–H and O–H groups in total. The lowest BCUT2D eigenvalue weighted by atomic mass is 10.1. The summed E-state index contributed by atoms with van der Waals surface area (Å²) >= 11 is 6.01. The molecule has 2 heterocycles. The summed E-state index contributed by atoms with van der Waals surface area (Å²) in [5, 5.41) is 12.4. The van der Waals surface area contributed by atoms with Crippen LogP contribution in [0, 0.1) is 0 Å². The van der Waals surface area contributed by atoms with Gasteiger partial charge in [0.1, 0.15) is 0 Å². The second-order valence-corrected chi connectivity index (χ2v) is 3.89. The number of nitrogens with zero attached hydrogens (tertiary/aromatic N) is 4. The maximum atomic E-state index is 6.07. The molecule has 17 heavy (non-hydrogen) atoms. The van der Waals surface area contributed by atoms with E-state index < -0.39 is 6.04 Å². The van der Waals surface area contributed by atoms with E-state index in [0.29, 0.717) is 22.3 Å². The van der Waals surface area contributed by atoms with Crippen molar-refractivity contribution in [1.29, 1.82) is 0 Å². The van der Waals surface area contributed by atoms with E-state index in [1.807, 2.05) is 0 Å². The molecule has 0 aliphatic carbocycles. The Morgan fingerprint density at radius 3 is 2.65 bits per heavy atom. The quantitative estimate of drug-likeness (QED) is 0.880. The zero-order chi connectivity index (χ0) is 12.4. The Labute approximate surface area is 103 Å². The van der Waals surface area contributed by atoms with Crippen LogP contribution < -0.4 is 10.5 Å². The number of halogens is 1. The second-order valence-electron chi connectivity index (χ2n) is 3.48. The fraction of sp³-hybridized carbons (Fsp3) is 0.300. The van der Waals surface area contributed by atoms with Crippen LogP contribution in [0.5, 0.6) is 5.88 Å². The number of hydrogen-bond acceptors (Lipinski definition) is 5. The van der Waals surface area contributed by atoms with Crippen molar-refractivity contribution in [3.63, 3.8) is 0 Å². The molecule has 0 bridgehead atoms. The number of nitrogens with two attached hydrogens (primary N) is 1. The maximum Gasteiger partial charge on any atom is 0.233 e. The van der Waals surface area contributed by atoms with Crippen LogP contribution in [0.3, 0.4) is 0 Å². The predicted molar refractivity (Wildman–Crippen MR) is 62.8 cm³/mol. The topological polar surface area (TPSA) is 78.9 Å². The van der Waals surface area contributed by atoms with Gasteiger partial charge in [-0.05, 0) is 6.07 Å². The molecule has 2 rings (SSSR count). The Morgan fingerprint density at radius 2 is 2.18 bits per heavy atom. The van der Waals surface area contributed by atoms with Crippen molar-refractivity contribution in [1.82, 2.24) is 20.0 Å². The van der Waals surface area contributed by atoms with Crippen molar-refractivity contribution < 1.29 is 4.74 Å². The Bertz CT molecular complexity index is 490. The van der Waals surface area contributed by atoms with Gasteiger partial charge < -0.3 is 10.5 Å². The van der Waals surface area contributed by atoms with E-state index in [9.17, 15) is 0 Å². The monoisotopic (exact) mass is 253 g/mol. The van der Waals surface area contributed by atoms with Crippen LogP contribution in [0.15, 0.2) is 18.3 Å². The van der Waals surface area contributed by atoms with Gasteiger partial charge in [0.25, 0.3) is 0 Å². The highest BCUT2D eigenvalue weighted by atomic mass is 35.5. The summed E-state index contributed by atoms with van der Waals surface area (Å²) in [5.41, 5.74) is 7.37. The Morgan fingerprint density at radius 1 is 1.41 bits per heavy atom. The SMILES string of the molecule is COc1ccc(C(N)c2c(Cl)cnn2C)nn1. The lowest BCUT2D eigenvalue weighted by Gasteiger charge is -2.11. The molecule has 1 atom stereocenters. The van der Waals surface area contributed by atoms with Crippen LogP contribution >= 0.6 is 11.6 Å². The highest BCUT2D eigenvalue weighted by Gasteiger charge is 2.18. The second kappa shape index (κ2) is 4.68. The molecule has 2 aromatic rings. The van der Waals surface area contributed by atoms with Crippen molar-refractivity contribution >= 4 is 11.6 Å². The molecule has 0 aliphatic rings. The van der Waals surface area contributed by atoms with Crippen molar-refractivity contribution in [2.24, 2.45) is 12.8 Å². The third-order valence-corrected chi connectivity index (χ3v) is 2.71. The standard InChI is InChI=1S/C10H12ClN5O/c1-16-10(6(11)5-13-16)9(12)7-3-4-8(17-2)15-14-7/h3-5,9H,12H2,1-2H3. The lowest BCUT2D eigenvalue weighted by molar-refractivity contribution is 0.390. The Kier molecular flexibility index (Phi) is 3.26. The van der Waals surface area contributed by atoms with Crippen LogP contribution in [0.2, 0.25) is 5.02 Å². The number of aromatic nitrogens is 4. The molecule has 0 saturated heterocycles. The normalized spacial score (nSPS) is 12.5. The first-order valence-electron chi connectivity index (χ1n) is 4.94. The molecular weight excluding hydrogens is 242 g/mol. The highest BCUT2D eigenvalue weighted by molar-refractivity contribution is 6.31. The van der Waals surface area contributed by atoms with Gasteiger partial charge in [-0.3, -0.25) is 4.68 Å². The average molecular weight is 254 g/mol. The molecule has 6 nitrogen and oxygen atoms in total. The molecule has 1 unspecified atom stereocenters. The smallest absolute Gasteiger partial charge is 0.233 e. The van der Waals surface area contributed by atoms with Crippen LogP contribution in [0.25, 0.3) is 0 Å². The van der Waals surface area contributed by atoms with Gasteiger partial charge in [-0.15, -0.1) is 10.2 Å². The third-order valence-electron chi connectivity index (χ3n) is 2.42. The van der Waals surface area contributed by atoms with Crippen molar-refractivity contribution in [3.8, 4) is 5.88 Å². The molecule has 2 aromatic heterocycles. The lowest BCUT2D eigenvalue weighted by Crippen LogP contribution is -2.18. The van der Waals surface area contributed by atoms with Gasteiger partial charge >= 0.3 is 0 Å². The van der Waals surface area contributed by atoms with Crippen LogP contribution in [0.4, 0.5) is 0 Å². The van der Waals surface area contributed by atoms with E-state index in [4.69, 9.17) is 22.1 Å². The zero-order valence-electron chi connectivity index (χ0n) is 9.46. The fourth-order valence-electron chi connectivity index (χ4n) is 1.52. The van der Waals surface area contributed by atoms with Crippen LogP contribution in [-0.4, -0.2) is 27.1 Å². The zero-order valence-corrected chi connectivity index (χ0v) is 10.2. The van der Waals surface area contributed by atoms with Gasteiger partial charge in [-0.1, -0.05) is 11.6 Å².